The molecule has 0 aliphatic heterocycles. The molecule has 26 heavy (non-hydrogen) atoms. The lowest BCUT2D eigenvalue weighted by atomic mass is 9.84. The molecule has 1 aliphatic carbocycles. The maximum absolute atomic E-state index is 12.6. The summed E-state index contributed by atoms with van der Waals surface area (Å²) in [5, 5.41) is 4.66. The Kier molecular flexibility index (Phi) is 4.26. The molecule has 1 aliphatic rings. The van der Waals surface area contributed by atoms with Gasteiger partial charge in [0.2, 0.25) is 0 Å². The fourth-order valence-electron chi connectivity index (χ4n) is 3.24. The van der Waals surface area contributed by atoms with Crippen molar-refractivity contribution in [2.75, 3.05) is 5.32 Å². The Morgan fingerprint density at radius 1 is 1.08 bits per heavy atom. The maximum atomic E-state index is 12.6. The molecular formula is C20H16N2O3S. The van der Waals surface area contributed by atoms with Crippen molar-refractivity contribution in [3.05, 3.63) is 86.0 Å². The van der Waals surface area contributed by atoms with Gasteiger partial charge in [-0.05, 0) is 36.1 Å². The third-order valence-electron chi connectivity index (χ3n) is 4.53. The van der Waals surface area contributed by atoms with Crippen molar-refractivity contribution < 1.29 is 9.59 Å². The number of aromatic nitrogens is 1. The number of amides is 1. The van der Waals surface area contributed by atoms with Gasteiger partial charge in [-0.25, -0.2) is 0 Å². The summed E-state index contributed by atoms with van der Waals surface area (Å²) in [4.78, 5) is 41.3. The molecule has 0 spiro atoms. The van der Waals surface area contributed by atoms with Gasteiger partial charge in [0.25, 0.3) is 11.5 Å². The summed E-state index contributed by atoms with van der Waals surface area (Å²) in [6.45, 7) is 0. The topological polar surface area (TPSA) is 79.0 Å². The van der Waals surface area contributed by atoms with Crippen LogP contribution in [0.2, 0.25) is 0 Å². The maximum Gasteiger partial charge on any atom is 0.261 e. The van der Waals surface area contributed by atoms with Crippen LogP contribution in [-0.4, -0.2) is 16.7 Å². The smallest absolute Gasteiger partial charge is 0.261 e. The van der Waals surface area contributed by atoms with Crippen LogP contribution < -0.4 is 10.9 Å². The molecule has 0 saturated heterocycles. The highest BCUT2D eigenvalue weighted by atomic mass is 32.1. The van der Waals surface area contributed by atoms with E-state index in [9.17, 15) is 14.4 Å². The predicted octanol–water partition coefficient (Wildman–Crippen LogP) is 3.60. The number of pyridine rings is 1. The molecule has 5 nitrogen and oxygen atoms in total. The Morgan fingerprint density at radius 2 is 1.88 bits per heavy atom. The number of hydrogen-bond donors (Lipinski definition) is 2. The first-order chi connectivity index (χ1) is 12.6. The number of nitrogens with one attached hydrogen (secondary N) is 2. The number of H-pyrrole nitrogens is 1. The van der Waals surface area contributed by atoms with E-state index in [0.29, 0.717) is 29.8 Å². The Bertz CT molecular complexity index is 1020. The average Bonchev–Trinajstić information content (AvgIpc) is 3.16. The lowest BCUT2D eigenvalue weighted by Crippen LogP contribution is -2.29. The fourth-order valence-corrected chi connectivity index (χ4v) is 4.07. The molecule has 2 heterocycles. The molecular weight excluding hydrogens is 348 g/mol. The van der Waals surface area contributed by atoms with Crippen molar-refractivity contribution in [2.45, 2.75) is 18.8 Å². The molecule has 2 aromatic heterocycles. The summed E-state index contributed by atoms with van der Waals surface area (Å²) < 4.78 is 0. The summed E-state index contributed by atoms with van der Waals surface area (Å²) in [5.74, 6) is -0.488. The molecule has 0 saturated carbocycles. The Balaban J connectivity index is 1.64. The van der Waals surface area contributed by atoms with Crippen LogP contribution in [0.1, 0.15) is 43.6 Å². The number of anilines is 1. The van der Waals surface area contributed by atoms with E-state index < -0.39 is 11.5 Å². The van der Waals surface area contributed by atoms with Crippen LogP contribution in [0.15, 0.2) is 58.7 Å². The molecule has 2 N–H and O–H groups in total. The SMILES string of the molecule is O=C1CC(c2cccs2)Cc2[nH]c(=O)c(C(=O)Nc3ccccc3)cc21. The molecule has 1 atom stereocenters. The number of aromatic amines is 1. The van der Waals surface area contributed by atoms with Crippen molar-refractivity contribution in [1.82, 2.24) is 4.98 Å². The van der Waals surface area contributed by atoms with Crippen molar-refractivity contribution in [2.24, 2.45) is 0 Å². The Labute approximate surface area is 153 Å². The zero-order valence-corrected chi connectivity index (χ0v) is 14.6. The van der Waals surface area contributed by atoms with Gasteiger partial charge >= 0.3 is 0 Å². The van der Waals surface area contributed by atoms with Gasteiger partial charge < -0.3 is 10.3 Å². The van der Waals surface area contributed by atoms with Crippen molar-refractivity contribution in [1.29, 1.82) is 0 Å². The molecule has 1 amide bonds. The second-order valence-corrected chi connectivity index (χ2v) is 7.25. The van der Waals surface area contributed by atoms with Gasteiger partial charge in [0.1, 0.15) is 5.56 Å². The van der Waals surface area contributed by atoms with Crippen LogP contribution >= 0.6 is 11.3 Å². The van der Waals surface area contributed by atoms with E-state index in [1.165, 1.54) is 6.07 Å². The number of benzene rings is 1. The van der Waals surface area contributed by atoms with Crippen LogP contribution in [0, 0.1) is 0 Å². The second-order valence-electron chi connectivity index (χ2n) is 6.27. The summed E-state index contributed by atoms with van der Waals surface area (Å²) in [6, 6.07) is 14.3. The molecule has 0 radical (unpaired) electrons. The number of hydrogen-bond acceptors (Lipinski definition) is 4. The van der Waals surface area contributed by atoms with E-state index in [1.54, 1.807) is 35.6 Å². The zero-order valence-electron chi connectivity index (χ0n) is 13.8. The summed E-state index contributed by atoms with van der Waals surface area (Å²) >= 11 is 1.61. The van der Waals surface area contributed by atoms with E-state index in [2.05, 4.69) is 10.3 Å². The number of rotatable bonds is 3. The van der Waals surface area contributed by atoms with E-state index in [4.69, 9.17) is 0 Å². The van der Waals surface area contributed by atoms with Gasteiger partial charge in [0.05, 0.1) is 0 Å². The van der Waals surface area contributed by atoms with Gasteiger partial charge in [0, 0.05) is 34.2 Å². The van der Waals surface area contributed by atoms with Crippen LogP contribution in [0.5, 0.6) is 0 Å². The first-order valence-corrected chi connectivity index (χ1v) is 9.19. The van der Waals surface area contributed by atoms with Crippen LogP contribution in [0.25, 0.3) is 0 Å². The molecule has 3 aromatic rings. The van der Waals surface area contributed by atoms with E-state index in [0.717, 1.165) is 4.88 Å². The first-order valence-electron chi connectivity index (χ1n) is 8.31. The summed E-state index contributed by atoms with van der Waals surface area (Å²) in [7, 11) is 0. The molecule has 130 valence electrons. The largest absolute Gasteiger partial charge is 0.325 e. The molecule has 4 rings (SSSR count). The quantitative estimate of drug-likeness (QED) is 0.745. The zero-order chi connectivity index (χ0) is 18.1. The highest BCUT2D eigenvalue weighted by molar-refractivity contribution is 7.10. The van der Waals surface area contributed by atoms with Crippen LogP contribution in [0.3, 0.4) is 0 Å². The lowest BCUT2D eigenvalue weighted by molar-refractivity contribution is 0.0963. The van der Waals surface area contributed by atoms with Crippen molar-refractivity contribution in [3.63, 3.8) is 0 Å². The fraction of sp³-hybridized carbons (Fsp3) is 0.150. The van der Waals surface area contributed by atoms with Crippen molar-refractivity contribution >= 4 is 28.7 Å². The number of fused-ring (bicyclic) bond motifs is 1. The minimum Gasteiger partial charge on any atom is -0.325 e. The second kappa shape index (κ2) is 6.72. The van der Waals surface area contributed by atoms with Crippen LogP contribution in [0.4, 0.5) is 5.69 Å². The third kappa shape index (κ3) is 3.11. The monoisotopic (exact) mass is 364 g/mol. The third-order valence-corrected chi connectivity index (χ3v) is 5.56. The lowest BCUT2D eigenvalue weighted by Gasteiger charge is -2.22. The summed E-state index contributed by atoms with van der Waals surface area (Å²) in [5.41, 5.74) is 1.13. The van der Waals surface area contributed by atoms with Gasteiger partial charge in [-0.2, -0.15) is 0 Å². The van der Waals surface area contributed by atoms with E-state index >= 15 is 0 Å². The molecule has 1 unspecified atom stereocenters. The predicted molar refractivity (Wildman–Crippen MR) is 101 cm³/mol. The molecule has 6 heteroatoms. The van der Waals surface area contributed by atoms with Gasteiger partial charge in [-0.1, -0.05) is 24.3 Å². The number of thiophene rings is 1. The van der Waals surface area contributed by atoms with Gasteiger partial charge in [-0.3, -0.25) is 14.4 Å². The number of para-hydroxylation sites is 1. The first kappa shape index (κ1) is 16.5. The molecule has 1 aromatic carbocycles. The Hall–Kier alpha value is -2.99. The number of carbonyl (C=O) groups excluding carboxylic acids is 2. The number of Topliss-reactive ketones (excluding diaryl/α,β-unsaturated/α-hetero) is 1. The molecule has 0 fully saturated rings. The highest BCUT2D eigenvalue weighted by Crippen LogP contribution is 2.33. The molecule has 0 bridgehead atoms. The number of ketones is 1. The average molecular weight is 364 g/mol. The van der Waals surface area contributed by atoms with Gasteiger partial charge in [0.15, 0.2) is 5.78 Å². The minimum atomic E-state index is -0.520. The van der Waals surface area contributed by atoms with E-state index in [1.807, 2.05) is 23.6 Å². The summed E-state index contributed by atoms with van der Waals surface area (Å²) in [6.07, 6.45) is 0.983. The highest BCUT2D eigenvalue weighted by Gasteiger charge is 2.29. The van der Waals surface area contributed by atoms with E-state index in [-0.39, 0.29) is 17.3 Å². The van der Waals surface area contributed by atoms with Gasteiger partial charge in [-0.15, -0.1) is 11.3 Å². The normalized spacial score (nSPS) is 16.2. The number of carbonyl (C=O) groups is 2. The van der Waals surface area contributed by atoms with Crippen LogP contribution in [-0.2, 0) is 6.42 Å². The minimum absolute atomic E-state index is 0.0458. The standard InChI is InChI=1S/C20H16N2O3S/c23-17-10-12(18-7-4-8-26-18)9-16-14(17)11-15(20(25)22-16)19(24)21-13-5-2-1-3-6-13/h1-8,11-12H,9-10H2,(H,21,24)(H,22,25). The van der Waals surface area contributed by atoms with Crippen molar-refractivity contribution in [3.8, 4) is 0 Å². The Morgan fingerprint density at radius 3 is 2.62 bits per heavy atom.